The number of hydrogen-bond acceptors (Lipinski definition) is 5. The molecule has 4 aromatic rings. The molecular formula is C21H18FN5O2. The molecule has 0 aliphatic carbocycles. The number of aryl methyl sites for hydroxylation is 2. The van der Waals surface area contributed by atoms with Crippen LogP contribution in [0.25, 0.3) is 22.4 Å². The molecule has 0 spiro atoms. The van der Waals surface area contributed by atoms with Gasteiger partial charge < -0.3 is 4.74 Å². The van der Waals surface area contributed by atoms with Crippen LogP contribution in [0.3, 0.4) is 0 Å². The molecule has 29 heavy (non-hydrogen) atoms. The summed E-state index contributed by atoms with van der Waals surface area (Å²) in [7, 11) is 0. The molecule has 8 heteroatoms. The van der Waals surface area contributed by atoms with Crippen molar-refractivity contribution >= 4 is 17.1 Å². The average Bonchev–Trinajstić information content (AvgIpc) is 3.07. The first kappa shape index (κ1) is 18.5. The minimum absolute atomic E-state index is 0.211. The normalized spacial score (nSPS) is 10.9. The maximum atomic E-state index is 13.4. The summed E-state index contributed by atoms with van der Waals surface area (Å²) in [5, 5.41) is 0.967. The Bertz CT molecular complexity index is 1200. The van der Waals surface area contributed by atoms with Crippen molar-refractivity contribution in [1.82, 2.24) is 19.6 Å². The van der Waals surface area contributed by atoms with Crippen molar-refractivity contribution in [2.45, 2.75) is 20.3 Å². The lowest BCUT2D eigenvalue weighted by molar-refractivity contribution is 0.211. The van der Waals surface area contributed by atoms with Crippen LogP contribution < -0.4 is 10.2 Å². The van der Waals surface area contributed by atoms with E-state index in [1.54, 1.807) is 25.3 Å². The van der Waals surface area contributed by atoms with Crippen LogP contribution >= 0.6 is 0 Å². The minimum atomic E-state index is -0.694. The predicted molar refractivity (Wildman–Crippen MR) is 107 cm³/mol. The van der Waals surface area contributed by atoms with Gasteiger partial charge in [0.05, 0.1) is 11.9 Å². The maximum absolute atomic E-state index is 13.4. The number of carbonyl (C=O) groups excluding carboxylic acids is 1. The fourth-order valence-corrected chi connectivity index (χ4v) is 3.04. The van der Waals surface area contributed by atoms with Crippen LogP contribution in [0.4, 0.5) is 9.18 Å². The van der Waals surface area contributed by atoms with Crippen LogP contribution in [0.15, 0.2) is 55.0 Å². The van der Waals surface area contributed by atoms with Crippen LogP contribution in [-0.2, 0) is 6.42 Å². The van der Waals surface area contributed by atoms with Gasteiger partial charge >= 0.3 is 6.09 Å². The number of aromatic nitrogens is 4. The SMILES string of the molecule is CCc1cn(NC(=O)Oc2cnc(-c3cccc(F)c3)nc2C)c2ncccc12. The molecule has 0 saturated carbocycles. The molecule has 146 valence electrons. The van der Waals surface area contributed by atoms with Crippen molar-refractivity contribution in [1.29, 1.82) is 0 Å². The Kier molecular flexibility index (Phi) is 4.90. The lowest BCUT2D eigenvalue weighted by Crippen LogP contribution is -2.26. The van der Waals surface area contributed by atoms with E-state index in [0.29, 0.717) is 22.7 Å². The Morgan fingerprint density at radius 2 is 2.10 bits per heavy atom. The zero-order chi connectivity index (χ0) is 20.4. The van der Waals surface area contributed by atoms with Crippen molar-refractivity contribution in [3.8, 4) is 17.1 Å². The summed E-state index contributed by atoms with van der Waals surface area (Å²) in [6.07, 6.45) is 4.98. The Morgan fingerprint density at radius 3 is 2.86 bits per heavy atom. The fourth-order valence-electron chi connectivity index (χ4n) is 3.04. The van der Waals surface area contributed by atoms with Gasteiger partial charge in [0.25, 0.3) is 0 Å². The molecule has 3 aromatic heterocycles. The van der Waals surface area contributed by atoms with Crippen molar-refractivity contribution in [3.63, 3.8) is 0 Å². The zero-order valence-corrected chi connectivity index (χ0v) is 15.9. The van der Waals surface area contributed by atoms with E-state index < -0.39 is 6.09 Å². The third-order valence-electron chi connectivity index (χ3n) is 4.46. The molecule has 0 aliphatic heterocycles. The summed E-state index contributed by atoms with van der Waals surface area (Å²) in [4.78, 5) is 25.2. The molecule has 4 rings (SSSR count). The van der Waals surface area contributed by atoms with E-state index in [4.69, 9.17) is 4.74 Å². The number of nitrogens with one attached hydrogen (secondary N) is 1. The van der Waals surface area contributed by atoms with Gasteiger partial charge in [-0.3, -0.25) is 0 Å². The molecule has 0 unspecified atom stereocenters. The van der Waals surface area contributed by atoms with E-state index in [0.717, 1.165) is 17.4 Å². The quantitative estimate of drug-likeness (QED) is 0.563. The zero-order valence-electron chi connectivity index (χ0n) is 15.9. The standard InChI is InChI=1S/C21H18FN5O2/c1-3-14-12-27(20-17(14)8-5-9-23-20)26-21(28)29-18-11-24-19(25-13(18)2)15-6-4-7-16(22)10-15/h4-12H,3H2,1-2H3,(H,26,28). The van der Waals surface area contributed by atoms with Crippen LogP contribution in [0.1, 0.15) is 18.2 Å². The third kappa shape index (κ3) is 3.77. The highest BCUT2D eigenvalue weighted by atomic mass is 19.1. The Hall–Kier alpha value is -3.81. The van der Waals surface area contributed by atoms with Crippen molar-refractivity contribution < 1.29 is 13.9 Å². The molecule has 7 nitrogen and oxygen atoms in total. The molecule has 3 heterocycles. The summed E-state index contributed by atoms with van der Waals surface area (Å²) < 4.78 is 20.3. The van der Waals surface area contributed by atoms with Gasteiger partial charge in [-0.2, -0.15) is 0 Å². The van der Waals surface area contributed by atoms with Gasteiger partial charge in [0, 0.05) is 23.3 Å². The van der Waals surface area contributed by atoms with Gasteiger partial charge in [-0.25, -0.2) is 34.2 Å². The lowest BCUT2D eigenvalue weighted by Gasteiger charge is -2.10. The minimum Gasteiger partial charge on any atom is -0.406 e. The first-order valence-corrected chi connectivity index (χ1v) is 9.08. The molecular weight excluding hydrogens is 373 g/mol. The Labute approximate surface area is 166 Å². The molecule has 0 saturated heterocycles. The first-order chi connectivity index (χ1) is 14.0. The molecule has 1 N–H and O–H groups in total. The first-order valence-electron chi connectivity index (χ1n) is 9.08. The molecule has 0 aliphatic rings. The second kappa shape index (κ2) is 7.67. The second-order valence-electron chi connectivity index (χ2n) is 6.41. The van der Waals surface area contributed by atoms with Crippen LogP contribution in [0.2, 0.25) is 0 Å². The topological polar surface area (TPSA) is 81.9 Å². The van der Waals surface area contributed by atoms with E-state index in [1.165, 1.54) is 23.0 Å². The van der Waals surface area contributed by atoms with Gasteiger partial charge in [-0.1, -0.05) is 19.1 Å². The highest BCUT2D eigenvalue weighted by molar-refractivity contribution is 5.85. The van der Waals surface area contributed by atoms with Crippen LogP contribution in [0.5, 0.6) is 5.75 Å². The second-order valence-corrected chi connectivity index (χ2v) is 6.41. The highest BCUT2D eigenvalue weighted by Gasteiger charge is 2.14. The molecule has 1 amide bonds. The fraction of sp³-hybridized carbons (Fsp3) is 0.143. The number of nitrogens with zero attached hydrogens (tertiary/aromatic N) is 4. The summed E-state index contributed by atoms with van der Waals surface area (Å²) in [5.41, 5.74) is 5.35. The summed E-state index contributed by atoms with van der Waals surface area (Å²) in [6, 6.07) is 9.79. The van der Waals surface area contributed by atoms with Crippen LogP contribution in [-0.4, -0.2) is 25.7 Å². The highest BCUT2D eigenvalue weighted by Crippen LogP contribution is 2.22. The van der Waals surface area contributed by atoms with Crippen molar-refractivity contribution in [2.75, 3.05) is 5.43 Å². The number of amides is 1. The Morgan fingerprint density at radius 1 is 1.24 bits per heavy atom. The van der Waals surface area contributed by atoms with E-state index in [2.05, 4.69) is 20.4 Å². The molecule has 0 fully saturated rings. The van der Waals surface area contributed by atoms with Gasteiger partial charge in [0.15, 0.2) is 17.2 Å². The van der Waals surface area contributed by atoms with Crippen molar-refractivity contribution in [3.05, 3.63) is 72.1 Å². The van der Waals surface area contributed by atoms with Gasteiger partial charge in [-0.15, -0.1) is 0 Å². The van der Waals surface area contributed by atoms with E-state index in [9.17, 15) is 9.18 Å². The summed E-state index contributed by atoms with van der Waals surface area (Å²) >= 11 is 0. The van der Waals surface area contributed by atoms with Gasteiger partial charge in [0.2, 0.25) is 0 Å². The predicted octanol–water partition coefficient (Wildman–Crippen LogP) is 4.25. The summed E-state index contributed by atoms with van der Waals surface area (Å²) in [5.74, 6) is 0.188. The number of rotatable bonds is 4. The molecule has 1 aromatic carbocycles. The smallest absolute Gasteiger partial charge is 0.406 e. The number of pyridine rings is 1. The summed E-state index contributed by atoms with van der Waals surface area (Å²) in [6.45, 7) is 3.72. The largest absolute Gasteiger partial charge is 0.432 e. The molecule has 0 atom stereocenters. The lowest BCUT2D eigenvalue weighted by atomic mass is 10.2. The van der Waals surface area contributed by atoms with Gasteiger partial charge in [-0.05, 0) is 43.2 Å². The monoisotopic (exact) mass is 391 g/mol. The van der Waals surface area contributed by atoms with Crippen molar-refractivity contribution in [2.24, 2.45) is 0 Å². The average molecular weight is 391 g/mol. The number of halogens is 1. The van der Waals surface area contributed by atoms with E-state index in [-0.39, 0.29) is 11.6 Å². The number of carbonyl (C=O) groups is 1. The number of hydrogen-bond donors (Lipinski definition) is 1. The maximum Gasteiger partial charge on any atom is 0.432 e. The number of fused-ring (bicyclic) bond motifs is 1. The van der Waals surface area contributed by atoms with E-state index in [1.807, 2.05) is 25.3 Å². The van der Waals surface area contributed by atoms with Crippen LogP contribution in [0, 0.1) is 12.7 Å². The number of benzene rings is 1. The number of ether oxygens (including phenoxy) is 1. The molecule has 0 bridgehead atoms. The van der Waals surface area contributed by atoms with Gasteiger partial charge in [0.1, 0.15) is 5.82 Å². The van der Waals surface area contributed by atoms with E-state index >= 15 is 0 Å². The molecule has 0 radical (unpaired) electrons. The Balaban J connectivity index is 1.53. The third-order valence-corrected chi connectivity index (χ3v) is 4.46.